The second-order valence-corrected chi connectivity index (χ2v) is 8.48. The van der Waals surface area contributed by atoms with Crippen LogP contribution in [0.25, 0.3) is 11.0 Å². The first kappa shape index (κ1) is 16.7. The number of amides is 1. The van der Waals surface area contributed by atoms with Crippen molar-refractivity contribution in [1.82, 2.24) is 10.3 Å². The molecule has 0 fully saturated rings. The topological polar surface area (TPSA) is 93.4 Å². The van der Waals surface area contributed by atoms with Crippen LogP contribution in [0.1, 0.15) is 18.9 Å². The first-order valence-corrected chi connectivity index (χ1v) is 9.96. The lowest BCUT2D eigenvalue weighted by Crippen LogP contribution is -2.36. The van der Waals surface area contributed by atoms with Crippen LogP contribution in [0, 0.1) is 0 Å². The average molecular weight is 371 g/mol. The Balaban J connectivity index is 1.55. The largest absolute Gasteiger partial charge is 0.309 e. The monoisotopic (exact) mass is 371 g/mol. The summed E-state index contributed by atoms with van der Waals surface area (Å²) in [5.74, 6) is -0.486. The summed E-state index contributed by atoms with van der Waals surface area (Å²) in [6.45, 7) is 1.97. The van der Waals surface area contributed by atoms with Crippen LogP contribution in [0.15, 0.2) is 52.0 Å². The number of rotatable bonds is 4. The smallest absolute Gasteiger partial charge is 0.228 e. The number of sulfone groups is 1. The van der Waals surface area contributed by atoms with Gasteiger partial charge in [0.05, 0.1) is 10.6 Å². The SMILES string of the molecule is C[C@H]1Cc2ccccc2N1C(=O)CCS(=O)(=O)c1cccc2nonc12. The molecule has 1 amide bonds. The van der Waals surface area contributed by atoms with Crippen LogP contribution in [0.5, 0.6) is 0 Å². The van der Waals surface area contributed by atoms with Gasteiger partial charge in [0.25, 0.3) is 0 Å². The standard InChI is InChI=1S/C18H17N3O4S/c1-12-11-13-5-2-3-7-15(13)21(12)17(22)9-10-26(23,24)16-8-4-6-14-18(16)20-25-19-14/h2-8,12H,9-11H2,1H3/t12-/m0/s1. The number of fused-ring (bicyclic) bond motifs is 2. The van der Waals surface area contributed by atoms with Crippen molar-refractivity contribution in [2.75, 3.05) is 10.7 Å². The minimum Gasteiger partial charge on any atom is -0.309 e. The van der Waals surface area contributed by atoms with Gasteiger partial charge in [-0.05, 0) is 47.4 Å². The number of carbonyl (C=O) groups is 1. The van der Waals surface area contributed by atoms with Gasteiger partial charge in [0, 0.05) is 18.2 Å². The third-order valence-electron chi connectivity index (χ3n) is 4.64. The Bertz CT molecular complexity index is 1090. The predicted molar refractivity (Wildman–Crippen MR) is 95.6 cm³/mol. The highest BCUT2D eigenvalue weighted by Gasteiger charge is 2.31. The van der Waals surface area contributed by atoms with E-state index in [1.807, 2.05) is 31.2 Å². The highest BCUT2D eigenvalue weighted by molar-refractivity contribution is 7.91. The molecule has 2 aromatic carbocycles. The minimum atomic E-state index is -3.69. The molecule has 134 valence electrons. The fourth-order valence-electron chi connectivity index (χ4n) is 3.43. The molecule has 8 heteroatoms. The number of nitrogens with zero attached hydrogens (tertiary/aromatic N) is 3. The first-order chi connectivity index (χ1) is 12.5. The van der Waals surface area contributed by atoms with Gasteiger partial charge < -0.3 is 4.90 Å². The van der Waals surface area contributed by atoms with E-state index in [1.165, 1.54) is 6.07 Å². The maximum absolute atomic E-state index is 12.7. The van der Waals surface area contributed by atoms with Gasteiger partial charge in [-0.1, -0.05) is 24.3 Å². The van der Waals surface area contributed by atoms with Crippen molar-refractivity contribution in [3.05, 3.63) is 48.0 Å². The van der Waals surface area contributed by atoms with Gasteiger partial charge in [-0.2, -0.15) is 0 Å². The molecule has 1 aliphatic rings. The molecule has 0 unspecified atom stereocenters. The van der Waals surface area contributed by atoms with E-state index in [9.17, 15) is 13.2 Å². The molecule has 7 nitrogen and oxygen atoms in total. The summed E-state index contributed by atoms with van der Waals surface area (Å²) < 4.78 is 30.0. The number of para-hydroxylation sites is 1. The Morgan fingerprint density at radius 3 is 2.85 bits per heavy atom. The van der Waals surface area contributed by atoms with Crippen molar-refractivity contribution >= 4 is 32.5 Å². The highest BCUT2D eigenvalue weighted by Crippen LogP contribution is 2.32. The summed E-state index contributed by atoms with van der Waals surface area (Å²) in [5.41, 5.74) is 2.54. The Morgan fingerprint density at radius 1 is 1.19 bits per heavy atom. The van der Waals surface area contributed by atoms with Crippen LogP contribution in [0.3, 0.4) is 0 Å². The Hall–Kier alpha value is -2.74. The summed E-state index contributed by atoms with van der Waals surface area (Å²) >= 11 is 0. The minimum absolute atomic E-state index is 0.0192. The molecule has 0 N–H and O–H groups in total. The van der Waals surface area contributed by atoms with Crippen LogP contribution in [-0.2, 0) is 21.1 Å². The Labute approximate surface area is 150 Å². The lowest BCUT2D eigenvalue weighted by Gasteiger charge is -2.22. The molecule has 0 aliphatic carbocycles. The predicted octanol–water partition coefficient (Wildman–Crippen LogP) is 2.36. The zero-order chi connectivity index (χ0) is 18.3. The fourth-order valence-corrected chi connectivity index (χ4v) is 4.82. The number of benzene rings is 2. The van der Waals surface area contributed by atoms with E-state index in [-0.39, 0.29) is 34.5 Å². The maximum atomic E-state index is 12.7. The molecular weight excluding hydrogens is 354 g/mol. The van der Waals surface area contributed by atoms with Crippen LogP contribution < -0.4 is 4.90 Å². The maximum Gasteiger partial charge on any atom is 0.228 e. The molecule has 0 saturated heterocycles. The molecule has 2 heterocycles. The van der Waals surface area contributed by atoms with Crippen molar-refractivity contribution in [1.29, 1.82) is 0 Å². The molecule has 4 rings (SSSR count). The molecule has 0 saturated carbocycles. The van der Waals surface area contributed by atoms with Crippen molar-refractivity contribution in [2.45, 2.75) is 30.7 Å². The Kier molecular flexibility index (Phi) is 3.99. The summed E-state index contributed by atoms with van der Waals surface area (Å²) in [7, 11) is -3.69. The van der Waals surface area contributed by atoms with Gasteiger partial charge in [0.1, 0.15) is 5.52 Å². The Morgan fingerprint density at radius 2 is 2.00 bits per heavy atom. The van der Waals surface area contributed by atoms with Crippen LogP contribution in [-0.4, -0.2) is 36.4 Å². The third kappa shape index (κ3) is 2.76. The first-order valence-electron chi connectivity index (χ1n) is 8.31. The summed E-state index contributed by atoms with van der Waals surface area (Å²) in [4.78, 5) is 14.5. The summed E-state index contributed by atoms with van der Waals surface area (Å²) in [6.07, 6.45) is 0.682. The lowest BCUT2D eigenvalue weighted by atomic mass is 10.1. The quantitative estimate of drug-likeness (QED) is 0.699. The second-order valence-electron chi connectivity index (χ2n) is 6.40. The molecule has 1 aliphatic heterocycles. The van der Waals surface area contributed by atoms with Gasteiger partial charge in [-0.15, -0.1) is 0 Å². The molecule has 0 radical (unpaired) electrons. The molecule has 3 aromatic rings. The van der Waals surface area contributed by atoms with Crippen molar-refractivity contribution in [2.24, 2.45) is 0 Å². The fraction of sp³-hybridized carbons (Fsp3) is 0.278. The highest BCUT2D eigenvalue weighted by atomic mass is 32.2. The number of hydrogen-bond donors (Lipinski definition) is 0. The van der Waals surface area contributed by atoms with E-state index in [4.69, 9.17) is 0 Å². The van der Waals surface area contributed by atoms with Crippen molar-refractivity contribution in [3.8, 4) is 0 Å². The van der Waals surface area contributed by atoms with Crippen LogP contribution >= 0.6 is 0 Å². The van der Waals surface area contributed by atoms with E-state index in [2.05, 4.69) is 14.9 Å². The van der Waals surface area contributed by atoms with E-state index in [0.29, 0.717) is 5.52 Å². The molecule has 26 heavy (non-hydrogen) atoms. The second kappa shape index (κ2) is 6.21. The number of hydrogen-bond acceptors (Lipinski definition) is 6. The van der Waals surface area contributed by atoms with E-state index in [1.54, 1.807) is 17.0 Å². The number of anilines is 1. The zero-order valence-corrected chi connectivity index (χ0v) is 14.9. The average Bonchev–Trinajstić information content (AvgIpc) is 3.22. The van der Waals surface area contributed by atoms with Crippen molar-refractivity contribution in [3.63, 3.8) is 0 Å². The van der Waals surface area contributed by atoms with Crippen molar-refractivity contribution < 1.29 is 17.8 Å². The molecule has 0 bridgehead atoms. The number of carbonyl (C=O) groups excluding carboxylic acids is 1. The summed E-state index contributed by atoms with van der Waals surface area (Å²) in [6, 6.07) is 12.4. The lowest BCUT2D eigenvalue weighted by molar-refractivity contribution is -0.118. The molecule has 0 spiro atoms. The van der Waals surface area contributed by atoms with E-state index >= 15 is 0 Å². The normalized spacial score (nSPS) is 16.8. The van der Waals surface area contributed by atoms with E-state index in [0.717, 1.165) is 17.7 Å². The van der Waals surface area contributed by atoms with Gasteiger partial charge in [-0.25, -0.2) is 13.0 Å². The zero-order valence-electron chi connectivity index (χ0n) is 14.1. The molecule has 1 aromatic heterocycles. The van der Waals surface area contributed by atoms with Gasteiger partial charge in [-0.3, -0.25) is 4.79 Å². The van der Waals surface area contributed by atoms with Crippen LogP contribution in [0.2, 0.25) is 0 Å². The molecule has 1 atom stereocenters. The van der Waals surface area contributed by atoms with Gasteiger partial charge in [0.2, 0.25) is 5.91 Å². The third-order valence-corrected chi connectivity index (χ3v) is 6.39. The molecular formula is C18H17N3O4S. The van der Waals surface area contributed by atoms with Gasteiger partial charge >= 0.3 is 0 Å². The number of aromatic nitrogens is 2. The van der Waals surface area contributed by atoms with Crippen LogP contribution in [0.4, 0.5) is 5.69 Å². The van der Waals surface area contributed by atoms with E-state index < -0.39 is 9.84 Å². The summed E-state index contributed by atoms with van der Waals surface area (Å²) in [5, 5.41) is 7.33. The van der Waals surface area contributed by atoms with Gasteiger partial charge in [0.15, 0.2) is 15.4 Å².